The van der Waals surface area contributed by atoms with E-state index in [1.54, 1.807) is 0 Å². The standard InChI is InChI=1S/C15H20O3/c1-3-15(14(16)17,18-13-5-4-6-13)12-9-7-11(2)8-10-12/h7-10,13H,3-6H2,1-2H3,(H,16,17). The Bertz CT molecular complexity index is 420. The van der Waals surface area contributed by atoms with Crippen LogP contribution in [0, 0.1) is 6.92 Å². The minimum atomic E-state index is -1.18. The van der Waals surface area contributed by atoms with Crippen molar-refractivity contribution in [2.75, 3.05) is 0 Å². The Hall–Kier alpha value is -1.35. The first-order valence-corrected chi connectivity index (χ1v) is 6.57. The highest BCUT2D eigenvalue weighted by Gasteiger charge is 2.43. The van der Waals surface area contributed by atoms with E-state index in [2.05, 4.69) is 0 Å². The molecular formula is C15H20O3. The monoisotopic (exact) mass is 248 g/mol. The molecule has 1 saturated carbocycles. The summed E-state index contributed by atoms with van der Waals surface area (Å²) in [4.78, 5) is 11.7. The number of carboxylic acids is 1. The molecular weight excluding hydrogens is 228 g/mol. The van der Waals surface area contributed by atoms with Gasteiger partial charge < -0.3 is 9.84 Å². The van der Waals surface area contributed by atoms with E-state index in [4.69, 9.17) is 4.74 Å². The molecule has 1 aromatic rings. The number of ether oxygens (including phenoxy) is 1. The molecule has 0 aliphatic heterocycles. The number of hydrogen-bond donors (Lipinski definition) is 1. The minimum Gasteiger partial charge on any atom is -0.479 e. The molecule has 98 valence electrons. The Balaban J connectivity index is 2.32. The quantitative estimate of drug-likeness (QED) is 0.870. The predicted octanol–water partition coefficient (Wildman–Crippen LogP) is 3.25. The van der Waals surface area contributed by atoms with Gasteiger partial charge in [0.15, 0.2) is 5.60 Å². The zero-order valence-corrected chi connectivity index (χ0v) is 11.0. The zero-order valence-electron chi connectivity index (χ0n) is 11.0. The molecule has 3 nitrogen and oxygen atoms in total. The summed E-state index contributed by atoms with van der Waals surface area (Å²) >= 11 is 0. The topological polar surface area (TPSA) is 46.5 Å². The van der Waals surface area contributed by atoms with Crippen LogP contribution in [0.4, 0.5) is 0 Å². The van der Waals surface area contributed by atoms with Crippen molar-refractivity contribution in [1.82, 2.24) is 0 Å². The van der Waals surface area contributed by atoms with Gasteiger partial charge in [0, 0.05) is 0 Å². The largest absolute Gasteiger partial charge is 0.479 e. The molecule has 0 radical (unpaired) electrons. The van der Waals surface area contributed by atoms with Gasteiger partial charge in [-0.1, -0.05) is 36.8 Å². The van der Waals surface area contributed by atoms with Gasteiger partial charge in [0.2, 0.25) is 0 Å². The molecule has 1 aliphatic rings. The van der Waals surface area contributed by atoms with Crippen molar-refractivity contribution in [3.63, 3.8) is 0 Å². The number of aliphatic carboxylic acids is 1. The summed E-state index contributed by atoms with van der Waals surface area (Å²) < 4.78 is 5.91. The first-order valence-electron chi connectivity index (χ1n) is 6.57. The summed E-state index contributed by atoms with van der Waals surface area (Å²) in [6, 6.07) is 7.61. The van der Waals surface area contributed by atoms with E-state index in [1.807, 2.05) is 38.1 Å². The van der Waals surface area contributed by atoms with E-state index in [9.17, 15) is 9.90 Å². The van der Waals surface area contributed by atoms with Gasteiger partial charge in [-0.15, -0.1) is 0 Å². The fourth-order valence-corrected chi connectivity index (χ4v) is 2.28. The van der Waals surface area contributed by atoms with Gasteiger partial charge in [0.1, 0.15) is 0 Å². The second kappa shape index (κ2) is 5.11. The van der Waals surface area contributed by atoms with Crippen LogP contribution in [0.3, 0.4) is 0 Å². The van der Waals surface area contributed by atoms with Crippen molar-refractivity contribution < 1.29 is 14.6 Å². The summed E-state index contributed by atoms with van der Waals surface area (Å²) in [6.45, 7) is 3.86. The first kappa shape index (κ1) is 13.1. The van der Waals surface area contributed by atoms with E-state index < -0.39 is 11.6 Å². The summed E-state index contributed by atoms with van der Waals surface area (Å²) in [5, 5.41) is 9.59. The average molecular weight is 248 g/mol. The lowest BCUT2D eigenvalue weighted by Gasteiger charge is -2.37. The van der Waals surface area contributed by atoms with E-state index in [1.165, 1.54) is 0 Å². The highest BCUT2D eigenvalue weighted by Crippen LogP contribution is 2.36. The molecule has 1 atom stereocenters. The molecule has 18 heavy (non-hydrogen) atoms. The van der Waals surface area contributed by atoms with Crippen molar-refractivity contribution in [3.05, 3.63) is 35.4 Å². The number of carboxylic acid groups (broad SMARTS) is 1. The molecule has 1 fully saturated rings. The number of rotatable bonds is 5. The molecule has 2 rings (SSSR count). The van der Waals surface area contributed by atoms with Crippen molar-refractivity contribution >= 4 is 5.97 Å². The first-order chi connectivity index (χ1) is 8.58. The number of benzene rings is 1. The number of aryl methyl sites for hydroxylation is 1. The minimum absolute atomic E-state index is 0.0994. The molecule has 0 bridgehead atoms. The van der Waals surface area contributed by atoms with Crippen LogP contribution in [-0.2, 0) is 15.1 Å². The van der Waals surface area contributed by atoms with Gasteiger partial charge >= 0.3 is 5.97 Å². The molecule has 0 saturated heterocycles. The lowest BCUT2D eigenvalue weighted by Crippen LogP contribution is -2.43. The third-order valence-electron chi connectivity index (χ3n) is 3.78. The van der Waals surface area contributed by atoms with Gasteiger partial charge in [-0.2, -0.15) is 0 Å². The Morgan fingerprint density at radius 2 is 2.00 bits per heavy atom. The van der Waals surface area contributed by atoms with Gasteiger partial charge in [-0.05, 0) is 38.2 Å². The van der Waals surface area contributed by atoms with E-state index in [0.29, 0.717) is 6.42 Å². The summed E-state index contributed by atoms with van der Waals surface area (Å²) in [5.74, 6) is -0.888. The second-order valence-electron chi connectivity index (χ2n) is 5.02. The van der Waals surface area contributed by atoms with Crippen LogP contribution < -0.4 is 0 Å². The van der Waals surface area contributed by atoms with Crippen LogP contribution in [0.15, 0.2) is 24.3 Å². The fraction of sp³-hybridized carbons (Fsp3) is 0.533. The van der Waals surface area contributed by atoms with Crippen LogP contribution in [0.5, 0.6) is 0 Å². The van der Waals surface area contributed by atoms with Crippen LogP contribution in [0.1, 0.15) is 43.7 Å². The van der Waals surface area contributed by atoms with Crippen molar-refractivity contribution in [1.29, 1.82) is 0 Å². The lowest BCUT2D eigenvalue weighted by atomic mass is 9.88. The Morgan fingerprint density at radius 1 is 1.39 bits per heavy atom. The molecule has 1 N–H and O–H groups in total. The van der Waals surface area contributed by atoms with Gasteiger partial charge in [-0.3, -0.25) is 0 Å². The fourth-order valence-electron chi connectivity index (χ4n) is 2.28. The third kappa shape index (κ3) is 2.27. The maximum Gasteiger partial charge on any atom is 0.340 e. The summed E-state index contributed by atoms with van der Waals surface area (Å²) in [7, 11) is 0. The molecule has 1 aliphatic carbocycles. The highest BCUT2D eigenvalue weighted by atomic mass is 16.5. The summed E-state index contributed by atoms with van der Waals surface area (Å²) in [5.41, 5.74) is 0.687. The normalized spacial score (nSPS) is 19.0. The molecule has 0 amide bonds. The van der Waals surface area contributed by atoms with Crippen LogP contribution >= 0.6 is 0 Å². The van der Waals surface area contributed by atoms with E-state index in [0.717, 1.165) is 30.4 Å². The zero-order chi connectivity index (χ0) is 13.2. The highest BCUT2D eigenvalue weighted by molar-refractivity contribution is 5.79. The molecule has 0 heterocycles. The van der Waals surface area contributed by atoms with Crippen molar-refractivity contribution in [3.8, 4) is 0 Å². The molecule has 0 spiro atoms. The van der Waals surface area contributed by atoms with Crippen molar-refractivity contribution in [2.24, 2.45) is 0 Å². The Kier molecular flexibility index (Phi) is 3.71. The molecule has 0 aromatic heterocycles. The van der Waals surface area contributed by atoms with Crippen LogP contribution in [0.25, 0.3) is 0 Å². The van der Waals surface area contributed by atoms with Gasteiger partial charge in [0.05, 0.1) is 6.10 Å². The van der Waals surface area contributed by atoms with Crippen molar-refractivity contribution in [2.45, 2.75) is 51.2 Å². The second-order valence-corrected chi connectivity index (χ2v) is 5.02. The number of hydrogen-bond acceptors (Lipinski definition) is 2. The van der Waals surface area contributed by atoms with Crippen LogP contribution in [-0.4, -0.2) is 17.2 Å². The maximum absolute atomic E-state index is 11.7. The SMILES string of the molecule is CCC(OC1CCC1)(C(=O)O)c1ccc(C)cc1. The third-order valence-corrected chi connectivity index (χ3v) is 3.78. The molecule has 3 heteroatoms. The van der Waals surface area contributed by atoms with Gasteiger partial charge in [-0.25, -0.2) is 4.79 Å². The number of carbonyl (C=O) groups is 1. The van der Waals surface area contributed by atoms with E-state index in [-0.39, 0.29) is 6.10 Å². The Morgan fingerprint density at radius 3 is 2.39 bits per heavy atom. The Labute approximate surface area is 108 Å². The van der Waals surface area contributed by atoms with Crippen LogP contribution in [0.2, 0.25) is 0 Å². The lowest BCUT2D eigenvalue weighted by molar-refractivity contribution is -0.184. The smallest absolute Gasteiger partial charge is 0.340 e. The molecule has 1 aromatic carbocycles. The van der Waals surface area contributed by atoms with E-state index >= 15 is 0 Å². The maximum atomic E-state index is 11.7. The predicted molar refractivity (Wildman–Crippen MR) is 69.5 cm³/mol. The molecule has 1 unspecified atom stereocenters. The summed E-state index contributed by atoms with van der Waals surface area (Å²) in [6.07, 6.45) is 3.63. The average Bonchev–Trinajstić information content (AvgIpc) is 2.30. The van der Waals surface area contributed by atoms with Gasteiger partial charge in [0.25, 0.3) is 0 Å².